The van der Waals surface area contributed by atoms with Crippen molar-refractivity contribution in [1.82, 2.24) is 15.2 Å². The SMILES string of the molecule is Cc1cc(C)c(CN2CCc3c(Cl)cc(C(C)C4CNC4)c(Cl)c3C2=O)c(=O)[nH]1. The Morgan fingerprint density at radius 2 is 1.93 bits per heavy atom. The maximum atomic E-state index is 13.4. The average Bonchev–Trinajstić information content (AvgIpc) is 2.60. The first-order chi connectivity index (χ1) is 13.8. The number of aromatic amines is 1. The number of carbonyl (C=O) groups excluding carboxylic acids is 1. The first-order valence-electron chi connectivity index (χ1n) is 9.98. The zero-order chi connectivity index (χ0) is 20.9. The van der Waals surface area contributed by atoms with Crippen molar-refractivity contribution in [3.63, 3.8) is 0 Å². The maximum absolute atomic E-state index is 13.4. The van der Waals surface area contributed by atoms with Crippen LogP contribution in [0.5, 0.6) is 0 Å². The van der Waals surface area contributed by atoms with Crippen molar-refractivity contribution in [2.24, 2.45) is 5.92 Å². The van der Waals surface area contributed by atoms with E-state index in [4.69, 9.17) is 23.2 Å². The van der Waals surface area contributed by atoms with Crippen molar-refractivity contribution in [3.8, 4) is 0 Å². The lowest BCUT2D eigenvalue weighted by Gasteiger charge is -2.35. The van der Waals surface area contributed by atoms with E-state index in [2.05, 4.69) is 17.2 Å². The fraction of sp³-hybridized carbons (Fsp3) is 0.455. The van der Waals surface area contributed by atoms with Gasteiger partial charge in [-0.25, -0.2) is 0 Å². The molecule has 0 saturated carbocycles. The first-order valence-corrected chi connectivity index (χ1v) is 10.7. The molecule has 2 aliphatic rings. The Morgan fingerprint density at radius 3 is 2.55 bits per heavy atom. The minimum atomic E-state index is -0.154. The second-order valence-electron chi connectivity index (χ2n) is 8.24. The van der Waals surface area contributed by atoms with Gasteiger partial charge in [-0.3, -0.25) is 9.59 Å². The van der Waals surface area contributed by atoms with Gasteiger partial charge in [-0.05, 0) is 74.0 Å². The molecule has 154 valence electrons. The number of halogens is 2. The van der Waals surface area contributed by atoms with Gasteiger partial charge in [0.15, 0.2) is 0 Å². The van der Waals surface area contributed by atoms with Gasteiger partial charge >= 0.3 is 0 Å². The summed E-state index contributed by atoms with van der Waals surface area (Å²) in [4.78, 5) is 30.3. The number of benzene rings is 1. The van der Waals surface area contributed by atoms with Crippen LogP contribution in [0.15, 0.2) is 16.9 Å². The van der Waals surface area contributed by atoms with E-state index in [0.717, 1.165) is 35.5 Å². The molecule has 5 nitrogen and oxygen atoms in total. The molecule has 0 aliphatic carbocycles. The van der Waals surface area contributed by atoms with Crippen LogP contribution in [0.25, 0.3) is 0 Å². The lowest BCUT2D eigenvalue weighted by molar-refractivity contribution is 0.0726. The normalized spacial score (nSPS) is 17.8. The number of nitrogens with one attached hydrogen (secondary N) is 2. The number of amides is 1. The van der Waals surface area contributed by atoms with Gasteiger partial charge in [0, 0.05) is 22.8 Å². The molecule has 0 spiro atoms. The van der Waals surface area contributed by atoms with Crippen LogP contribution in [0, 0.1) is 19.8 Å². The Morgan fingerprint density at radius 1 is 1.21 bits per heavy atom. The van der Waals surface area contributed by atoms with Crippen LogP contribution in [0.4, 0.5) is 0 Å². The molecule has 1 aromatic carbocycles. The minimum Gasteiger partial charge on any atom is -0.334 e. The number of hydrogen-bond donors (Lipinski definition) is 2. The third-order valence-corrected chi connectivity index (χ3v) is 7.08. The topological polar surface area (TPSA) is 65.2 Å². The van der Waals surface area contributed by atoms with E-state index < -0.39 is 0 Å². The van der Waals surface area contributed by atoms with E-state index in [-0.39, 0.29) is 23.9 Å². The molecule has 1 unspecified atom stereocenters. The highest BCUT2D eigenvalue weighted by molar-refractivity contribution is 6.37. The fourth-order valence-electron chi connectivity index (χ4n) is 4.33. The van der Waals surface area contributed by atoms with Gasteiger partial charge in [-0.2, -0.15) is 0 Å². The summed E-state index contributed by atoms with van der Waals surface area (Å²) in [5.74, 6) is 0.556. The van der Waals surface area contributed by atoms with Crippen LogP contribution in [0.2, 0.25) is 10.0 Å². The highest BCUT2D eigenvalue weighted by atomic mass is 35.5. The summed E-state index contributed by atoms with van der Waals surface area (Å²) in [6, 6.07) is 3.86. The quantitative estimate of drug-likeness (QED) is 0.769. The molecule has 29 heavy (non-hydrogen) atoms. The molecule has 2 aliphatic heterocycles. The van der Waals surface area contributed by atoms with Gasteiger partial charge in [0.25, 0.3) is 11.5 Å². The number of nitrogens with zero attached hydrogens (tertiary/aromatic N) is 1. The molecule has 1 aromatic heterocycles. The van der Waals surface area contributed by atoms with Crippen LogP contribution in [-0.4, -0.2) is 35.4 Å². The molecule has 1 atom stereocenters. The first kappa shape index (κ1) is 20.5. The Labute approximate surface area is 180 Å². The number of pyridine rings is 1. The third-order valence-electron chi connectivity index (χ3n) is 6.33. The van der Waals surface area contributed by atoms with E-state index >= 15 is 0 Å². The Kier molecular flexibility index (Phi) is 5.49. The van der Waals surface area contributed by atoms with Crippen molar-refractivity contribution < 1.29 is 4.79 Å². The number of aryl methyl sites for hydroxylation is 2. The van der Waals surface area contributed by atoms with Crippen molar-refractivity contribution in [2.45, 2.75) is 39.7 Å². The minimum absolute atomic E-state index is 0.148. The average molecular weight is 434 g/mol. The van der Waals surface area contributed by atoms with Crippen molar-refractivity contribution in [2.75, 3.05) is 19.6 Å². The summed E-state index contributed by atoms with van der Waals surface area (Å²) in [6.07, 6.45) is 0.627. The number of H-pyrrole nitrogens is 1. The van der Waals surface area contributed by atoms with Crippen LogP contribution in [0.1, 0.15) is 51.1 Å². The van der Waals surface area contributed by atoms with Gasteiger partial charge in [0.2, 0.25) is 0 Å². The van der Waals surface area contributed by atoms with Crippen LogP contribution in [0.3, 0.4) is 0 Å². The summed E-state index contributed by atoms with van der Waals surface area (Å²) < 4.78 is 0. The van der Waals surface area contributed by atoms with Gasteiger partial charge in [0.05, 0.1) is 17.1 Å². The van der Waals surface area contributed by atoms with Crippen LogP contribution >= 0.6 is 23.2 Å². The lowest BCUT2D eigenvalue weighted by Crippen LogP contribution is -2.45. The maximum Gasteiger partial charge on any atom is 0.256 e. The molecule has 1 fully saturated rings. The van der Waals surface area contributed by atoms with Crippen molar-refractivity contribution in [3.05, 3.63) is 66.0 Å². The third kappa shape index (κ3) is 3.60. The number of carbonyl (C=O) groups is 1. The zero-order valence-electron chi connectivity index (χ0n) is 16.9. The summed E-state index contributed by atoms with van der Waals surface area (Å²) in [7, 11) is 0. The number of fused-ring (bicyclic) bond motifs is 1. The molecule has 2 aromatic rings. The molecular formula is C22H25Cl2N3O2. The highest BCUT2D eigenvalue weighted by Gasteiger charge is 2.34. The van der Waals surface area contributed by atoms with Crippen molar-refractivity contribution >= 4 is 29.1 Å². The van der Waals surface area contributed by atoms with E-state index in [1.807, 2.05) is 26.0 Å². The molecule has 1 saturated heterocycles. The molecule has 2 N–H and O–H groups in total. The van der Waals surface area contributed by atoms with Crippen LogP contribution < -0.4 is 10.9 Å². The lowest BCUT2D eigenvalue weighted by atomic mass is 9.82. The predicted molar refractivity (Wildman–Crippen MR) is 116 cm³/mol. The highest BCUT2D eigenvalue weighted by Crippen LogP contribution is 2.40. The molecule has 0 bridgehead atoms. The predicted octanol–water partition coefficient (Wildman–Crippen LogP) is 3.82. The standard InChI is InChI=1S/C22H25Cl2N3O2/c1-11-6-12(2)26-21(28)17(11)10-27-5-4-15-18(23)7-16(13(3)14-8-25-9-14)20(24)19(15)22(27)29/h6-7,13-14,25H,4-5,8-10H2,1-3H3,(H,26,28). The van der Waals surface area contributed by atoms with Crippen LogP contribution in [-0.2, 0) is 13.0 Å². The molecule has 0 radical (unpaired) electrons. The number of hydrogen-bond acceptors (Lipinski definition) is 3. The monoisotopic (exact) mass is 433 g/mol. The van der Waals surface area contributed by atoms with E-state index in [9.17, 15) is 9.59 Å². The Balaban J connectivity index is 1.70. The van der Waals surface area contributed by atoms with E-state index in [1.165, 1.54) is 0 Å². The van der Waals surface area contributed by atoms with Gasteiger partial charge < -0.3 is 15.2 Å². The Hall–Kier alpha value is -1.82. The molecular weight excluding hydrogens is 409 g/mol. The summed E-state index contributed by atoms with van der Waals surface area (Å²) >= 11 is 13.3. The second kappa shape index (κ2) is 7.78. The number of aromatic nitrogens is 1. The molecule has 1 amide bonds. The second-order valence-corrected chi connectivity index (χ2v) is 9.03. The van der Waals surface area contributed by atoms with E-state index in [1.54, 1.807) is 4.90 Å². The zero-order valence-corrected chi connectivity index (χ0v) is 18.4. The molecule has 4 rings (SSSR count). The molecule has 7 heteroatoms. The van der Waals surface area contributed by atoms with Gasteiger partial charge in [-0.1, -0.05) is 30.1 Å². The Bertz CT molecular complexity index is 1040. The van der Waals surface area contributed by atoms with Gasteiger partial charge in [-0.15, -0.1) is 0 Å². The fourth-order valence-corrected chi connectivity index (χ4v) is 5.05. The summed E-state index contributed by atoms with van der Waals surface area (Å²) in [5.41, 5.74) is 4.40. The van der Waals surface area contributed by atoms with Crippen molar-refractivity contribution in [1.29, 1.82) is 0 Å². The summed E-state index contributed by atoms with van der Waals surface area (Å²) in [5, 5.41) is 4.40. The van der Waals surface area contributed by atoms with E-state index in [0.29, 0.717) is 40.1 Å². The summed E-state index contributed by atoms with van der Waals surface area (Å²) in [6.45, 7) is 8.55. The smallest absolute Gasteiger partial charge is 0.256 e. The molecule has 3 heterocycles. The largest absolute Gasteiger partial charge is 0.334 e. The van der Waals surface area contributed by atoms with Gasteiger partial charge in [0.1, 0.15) is 0 Å². The number of rotatable bonds is 4.